The molecule has 0 aliphatic heterocycles. The highest BCUT2D eigenvalue weighted by molar-refractivity contribution is 5.39. The van der Waals surface area contributed by atoms with Crippen LogP contribution in [0.25, 0.3) is 0 Å². The molecule has 0 fully saturated rings. The molecule has 0 bridgehead atoms. The summed E-state index contributed by atoms with van der Waals surface area (Å²) < 4.78 is 16.4. The lowest BCUT2D eigenvalue weighted by molar-refractivity contribution is 0.0610. The minimum Gasteiger partial charge on any atom is -0.497 e. The Labute approximate surface area is 122 Å². The standard InChI is InChI=1S/C16H27NO3/c1-6-7-17-16(11-20-12(2)3)13-8-14(18-4)10-15(9-13)19-5/h8-10,12,16-17H,6-7,11H2,1-5H3. The highest BCUT2D eigenvalue weighted by Gasteiger charge is 2.14. The molecule has 0 heterocycles. The van der Waals surface area contributed by atoms with E-state index in [1.165, 1.54) is 0 Å². The van der Waals surface area contributed by atoms with Crippen LogP contribution in [-0.2, 0) is 4.74 Å². The van der Waals surface area contributed by atoms with Gasteiger partial charge in [-0.25, -0.2) is 0 Å². The predicted octanol–water partition coefficient (Wildman–Crippen LogP) is 3.17. The van der Waals surface area contributed by atoms with Gasteiger partial charge in [-0.05, 0) is 44.5 Å². The van der Waals surface area contributed by atoms with Gasteiger partial charge in [0, 0.05) is 6.07 Å². The molecule has 1 aromatic carbocycles. The molecule has 0 saturated heterocycles. The van der Waals surface area contributed by atoms with E-state index in [0.29, 0.717) is 6.61 Å². The normalized spacial score (nSPS) is 12.5. The van der Waals surface area contributed by atoms with Crippen molar-refractivity contribution in [3.05, 3.63) is 23.8 Å². The largest absolute Gasteiger partial charge is 0.497 e. The Morgan fingerprint density at radius 3 is 2.10 bits per heavy atom. The van der Waals surface area contributed by atoms with E-state index in [1.807, 2.05) is 32.0 Å². The lowest BCUT2D eigenvalue weighted by Crippen LogP contribution is -2.27. The summed E-state index contributed by atoms with van der Waals surface area (Å²) in [7, 11) is 3.33. The topological polar surface area (TPSA) is 39.7 Å². The molecule has 0 amide bonds. The lowest BCUT2D eigenvalue weighted by atomic mass is 10.1. The maximum atomic E-state index is 5.76. The van der Waals surface area contributed by atoms with Crippen molar-refractivity contribution in [2.24, 2.45) is 0 Å². The van der Waals surface area contributed by atoms with Crippen molar-refractivity contribution >= 4 is 0 Å². The van der Waals surface area contributed by atoms with Gasteiger partial charge in [-0.1, -0.05) is 6.92 Å². The Bertz CT molecular complexity index is 371. The molecular formula is C16H27NO3. The van der Waals surface area contributed by atoms with Crippen LogP contribution in [0, 0.1) is 0 Å². The monoisotopic (exact) mass is 281 g/mol. The molecule has 0 radical (unpaired) electrons. The molecule has 1 rings (SSSR count). The van der Waals surface area contributed by atoms with Gasteiger partial charge < -0.3 is 19.5 Å². The number of rotatable bonds is 9. The second-order valence-electron chi connectivity index (χ2n) is 5.03. The number of nitrogens with one attached hydrogen (secondary N) is 1. The van der Waals surface area contributed by atoms with Gasteiger partial charge in [0.15, 0.2) is 0 Å². The highest BCUT2D eigenvalue weighted by Crippen LogP contribution is 2.26. The van der Waals surface area contributed by atoms with Gasteiger partial charge in [-0.15, -0.1) is 0 Å². The molecule has 1 aromatic rings. The first-order chi connectivity index (χ1) is 9.60. The van der Waals surface area contributed by atoms with E-state index in [-0.39, 0.29) is 12.1 Å². The summed E-state index contributed by atoms with van der Waals surface area (Å²) in [6.07, 6.45) is 1.30. The quantitative estimate of drug-likeness (QED) is 0.754. The summed E-state index contributed by atoms with van der Waals surface area (Å²) in [5.41, 5.74) is 1.12. The Morgan fingerprint density at radius 1 is 1.05 bits per heavy atom. The van der Waals surface area contributed by atoms with Gasteiger partial charge in [-0.3, -0.25) is 0 Å². The van der Waals surface area contributed by atoms with Gasteiger partial charge in [-0.2, -0.15) is 0 Å². The number of benzene rings is 1. The average Bonchev–Trinajstić information content (AvgIpc) is 2.46. The fourth-order valence-corrected chi connectivity index (χ4v) is 1.91. The zero-order chi connectivity index (χ0) is 15.0. The summed E-state index contributed by atoms with van der Waals surface area (Å²) in [6.45, 7) is 7.82. The predicted molar refractivity (Wildman–Crippen MR) is 81.7 cm³/mol. The van der Waals surface area contributed by atoms with Crippen LogP contribution in [0.4, 0.5) is 0 Å². The first-order valence-corrected chi connectivity index (χ1v) is 7.18. The van der Waals surface area contributed by atoms with Crippen molar-refractivity contribution < 1.29 is 14.2 Å². The van der Waals surface area contributed by atoms with Crippen LogP contribution >= 0.6 is 0 Å². The van der Waals surface area contributed by atoms with Gasteiger partial charge in [0.2, 0.25) is 0 Å². The van der Waals surface area contributed by atoms with Crippen LogP contribution in [0.5, 0.6) is 11.5 Å². The molecule has 0 saturated carbocycles. The maximum absolute atomic E-state index is 5.76. The minimum atomic E-state index is 0.140. The lowest BCUT2D eigenvalue weighted by Gasteiger charge is -2.21. The van der Waals surface area contributed by atoms with Crippen molar-refractivity contribution in [2.75, 3.05) is 27.4 Å². The fourth-order valence-electron chi connectivity index (χ4n) is 1.91. The average molecular weight is 281 g/mol. The fraction of sp³-hybridized carbons (Fsp3) is 0.625. The van der Waals surface area contributed by atoms with Crippen molar-refractivity contribution in [2.45, 2.75) is 39.3 Å². The molecule has 0 aliphatic carbocycles. The summed E-state index contributed by atoms with van der Waals surface area (Å²) >= 11 is 0. The molecule has 1 atom stereocenters. The Balaban J connectivity index is 2.91. The number of ether oxygens (including phenoxy) is 3. The molecule has 114 valence electrons. The minimum absolute atomic E-state index is 0.140. The van der Waals surface area contributed by atoms with Crippen molar-refractivity contribution in [3.63, 3.8) is 0 Å². The summed E-state index contributed by atoms with van der Waals surface area (Å²) in [5.74, 6) is 1.60. The molecule has 20 heavy (non-hydrogen) atoms. The molecule has 4 heteroatoms. The van der Waals surface area contributed by atoms with Gasteiger partial charge >= 0.3 is 0 Å². The van der Waals surface area contributed by atoms with Gasteiger partial charge in [0.05, 0.1) is 33.0 Å². The van der Waals surface area contributed by atoms with Crippen LogP contribution in [0.1, 0.15) is 38.8 Å². The zero-order valence-corrected chi connectivity index (χ0v) is 13.2. The second kappa shape index (κ2) is 8.82. The van der Waals surface area contributed by atoms with Crippen LogP contribution in [0.3, 0.4) is 0 Å². The molecule has 0 aromatic heterocycles. The molecule has 4 nitrogen and oxygen atoms in total. The summed E-state index contributed by atoms with van der Waals surface area (Å²) in [4.78, 5) is 0. The zero-order valence-electron chi connectivity index (χ0n) is 13.2. The van der Waals surface area contributed by atoms with Crippen LogP contribution in [0.2, 0.25) is 0 Å². The van der Waals surface area contributed by atoms with E-state index < -0.39 is 0 Å². The molecule has 1 N–H and O–H groups in total. The molecule has 1 unspecified atom stereocenters. The van der Waals surface area contributed by atoms with Gasteiger partial charge in [0.1, 0.15) is 11.5 Å². The van der Waals surface area contributed by atoms with E-state index in [0.717, 1.165) is 30.0 Å². The molecule has 0 spiro atoms. The first kappa shape index (κ1) is 16.8. The van der Waals surface area contributed by atoms with Crippen molar-refractivity contribution in [3.8, 4) is 11.5 Å². The van der Waals surface area contributed by atoms with E-state index in [1.54, 1.807) is 14.2 Å². The van der Waals surface area contributed by atoms with E-state index in [4.69, 9.17) is 14.2 Å². The molecule has 0 aliphatic rings. The Morgan fingerprint density at radius 2 is 1.65 bits per heavy atom. The SMILES string of the molecule is CCCNC(COC(C)C)c1cc(OC)cc(OC)c1. The van der Waals surface area contributed by atoms with Crippen LogP contribution in [0.15, 0.2) is 18.2 Å². The number of methoxy groups -OCH3 is 2. The Kier molecular flexibility index (Phi) is 7.41. The van der Waals surface area contributed by atoms with E-state index >= 15 is 0 Å². The number of hydrogen-bond donors (Lipinski definition) is 1. The van der Waals surface area contributed by atoms with E-state index in [2.05, 4.69) is 12.2 Å². The van der Waals surface area contributed by atoms with Crippen LogP contribution < -0.4 is 14.8 Å². The van der Waals surface area contributed by atoms with Gasteiger partial charge in [0.25, 0.3) is 0 Å². The third-order valence-corrected chi connectivity index (χ3v) is 3.01. The van der Waals surface area contributed by atoms with E-state index in [9.17, 15) is 0 Å². The second-order valence-corrected chi connectivity index (χ2v) is 5.03. The highest BCUT2D eigenvalue weighted by atomic mass is 16.5. The van der Waals surface area contributed by atoms with Crippen LogP contribution in [-0.4, -0.2) is 33.5 Å². The first-order valence-electron chi connectivity index (χ1n) is 7.18. The molecular weight excluding hydrogens is 254 g/mol. The Hall–Kier alpha value is -1.26. The van der Waals surface area contributed by atoms with Crippen molar-refractivity contribution in [1.29, 1.82) is 0 Å². The third-order valence-electron chi connectivity index (χ3n) is 3.01. The number of hydrogen-bond acceptors (Lipinski definition) is 4. The van der Waals surface area contributed by atoms with Crippen molar-refractivity contribution in [1.82, 2.24) is 5.32 Å². The summed E-state index contributed by atoms with van der Waals surface area (Å²) in [5, 5.41) is 3.51. The smallest absolute Gasteiger partial charge is 0.122 e. The summed E-state index contributed by atoms with van der Waals surface area (Å²) in [6, 6.07) is 6.07. The third kappa shape index (κ3) is 5.39. The maximum Gasteiger partial charge on any atom is 0.122 e.